The van der Waals surface area contributed by atoms with E-state index in [4.69, 9.17) is 4.74 Å². The second kappa shape index (κ2) is 8.29. The Morgan fingerprint density at radius 1 is 1.07 bits per heavy atom. The zero-order valence-corrected chi connectivity index (χ0v) is 18.3. The molecule has 1 aromatic heterocycles. The number of amides is 1. The first kappa shape index (κ1) is 21.5. The Bertz CT molecular complexity index is 1180. The molecule has 158 valence electrons. The number of aryl methyl sites for hydroxylation is 2. The van der Waals surface area contributed by atoms with Crippen molar-refractivity contribution in [1.29, 1.82) is 0 Å². The lowest BCUT2D eigenvalue weighted by molar-refractivity contribution is 0.102. The summed E-state index contributed by atoms with van der Waals surface area (Å²) in [4.78, 5) is 12.6. The lowest BCUT2D eigenvalue weighted by atomic mass is 10.1. The fourth-order valence-corrected chi connectivity index (χ4v) is 4.14. The molecule has 0 atom stereocenters. The molecular weight excluding hydrogens is 404 g/mol. The van der Waals surface area contributed by atoms with Crippen LogP contribution in [0.1, 0.15) is 21.6 Å². The first-order valence-corrected chi connectivity index (χ1v) is 10.6. The molecule has 1 amide bonds. The minimum Gasteiger partial charge on any atom is -0.495 e. The molecule has 0 fully saturated rings. The van der Waals surface area contributed by atoms with Crippen molar-refractivity contribution in [1.82, 2.24) is 14.5 Å². The zero-order valence-electron chi connectivity index (χ0n) is 17.5. The second-order valence-electron chi connectivity index (χ2n) is 7.15. The van der Waals surface area contributed by atoms with E-state index in [0.717, 1.165) is 15.4 Å². The number of nitrogens with one attached hydrogen (secondary N) is 2. The highest BCUT2D eigenvalue weighted by Gasteiger charge is 2.23. The van der Waals surface area contributed by atoms with Gasteiger partial charge in [-0.15, -0.1) is 0 Å². The van der Waals surface area contributed by atoms with Crippen LogP contribution in [0, 0.1) is 13.8 Å². The third-order valence-electron chi connectivity index (χ3n) is 4.52. The molecule has 0 aliphatic carbocycles. The van der Waals surface area contributed by atoms with Crippen LogP contribution in [0.2, 0.25) is 0 Å². The van der Waals surface area contributed by atoms with Gasteiger partial charge in [0.25, 0.3) is 5.91 Å². The minimum atomic E-state index is -3.72. The molecule has 0 bridgehead atoms. The molecule has 0 radical (unpaired) electrons. The summed E-state index contributed by atoms with van der Waals surface area (Å²) < 4.78 is 31.6. The normalized spacial score (nSPS) is 11.5. The number of nitrogens with zero attached hydrogens (tertiary/aromatic N) is 2. The SMILES string of the molecule is COc1ccc(-c2cc(C(=O)Nc3cc(C)cc(C)c3)[nH]n2)cc1S(=O)(=O)N(C)C. The number of H-pyrrole nitrogens is 1. The molecule has 3 aromatic rings. The molecule has 0 unspecified atom stereocenters. The number of rotatable bonds is 6. The highest BCUT2D eigenvalue weighted by atomic mass is 32.2. The smallest absolute Gasteiger partial charge is 0.273 e. The van der Waals surface area contributed by atoms with Crippen LogP contribution in [0.5, 0.6) is 5.75 Å². The van der Waals surface area contributed by atoms with E-state index in [2.05, 4.69) is 15.5 Å². The monoisotopic (exact) mass is 428 g/mol. The van der Waals surface area contributed by atoms with Gasteiger partial charge in [0.15, 0.2) is 0 Å². The predicted octanol–water partition coefficient (Wildman–Crippen LogP) is 3.20. The number of sulfonamides is 1. The molecule has 2 aromatic carbocycles. The number of methoxy groups -OCH3 is 1. The van der Waals surface area contributed by atoms with Crippen molar-refractivity contribution in [2.24, 2.45) is 0 Å². The summed E-state index contributed by atoms with van der Waals surface area (Å²) in [6, 6.07) is 12.1. The van der Waals surface area contributed by atoms with Crippen LogP contribution in [-0.2, 0) is 10.0 Å². The van der Waals surface area contributed by atoms with Crippen molar-refractivity contribution >= 4 is 21.6 Å². The molecule has 1 heterocycles. The van der Waals surface area contributed by atoms with E-state index in [1.54, 1.807) is 18.2 Å². The first-order valence-electron chi connectivity index (χ1n) is 9.18. The van der Waals surface area contributed by atoms with Crippen molar-refractivity contribution in [3.63, 3.8) is 0 Å². The van der Waals surface area contributed by atoms with Gasteiger partial charge in [0.1, 0.15) is 16.3 Å². The number of carbonyl (C=O) groups excluding carboxylic acids is 1. The molecule has 0 aliphatic heterocycles. The van der Waals surface area contributed by atoms with E-state index in [9.17, 15) is 13.2 Å². The lowest BCUT2D eigenvalue weighted by Crippen LogP contribution is -2.22. The van der Waals surface area contributed by atoms with E-state index in [1.807, 2.05) is 32.0 Å². The summed E-state index contributed by atoms with van der Waals surface area (Å²) >= 11 is 0. The number of aromatic nitrogens is 2. The average Bonchev–Trinajstić information content (AvgIpc) is 3.17. The van der Waals surface area contributed by atoms with Crippen LogP contribution >= 0.6 is 0 Å². The van der Waals surface area contributed by atoms with E-state index < -0.39 is 10.0 Å². The van der Waals surface area contributed by atoms with E-state index in [0.29, 0.717) is 16.9 Å². The Morgan fingerprint density at radius 3 is 2.33 bits per heavy atom. The Morgan fingerprint density at radius 2 is 1.73 bits per heavy atom. The number of aromatic amines is 1. The number of benzene rings is 2. The summed E-state index contributed by atoms with van der Waals surface area (Å²) in [6.45, 7) is 3.92. The van der Waals surface area contributed by atoms with Crippen LogP contribution in [0.25, 0.3) is 11.3 Å². The van der Waals surface area contributed by atoms with Crippen LogP contribution in [-0.4, -0.2) is 50.0 Å². The topological polar surface area (TPSA) is 104 Å². The fraction of sp³-hybridized carbons (Fsp3) is 0.238. The first-order chi connectivity index (χ1) is 14.1. The third kappa shape index (κ3) is 4.37. The van der Waals surface area contributed by atoms with Gasteiger partial charge in [-0.2, -0.15) is 5.10 Å². The average molecular weight is 429 g/mol. The summed E-state index contributed by atoms with van der Waals surface area (Å²) in [5.74, 6) is -0.107. The molecule has 2 N–H and O–H groups in total. The summed E-state index contributed by atoms with van der Waals surface area (Å²) in [5, 5.41) is 9.72. The number of ether oxygens (including phenoxy) is 1. The van der Waals surface area contributed by atoms with Crippen LogP contribution < -0.4 is 10.1 Å². The van der Waals surface area contributed by atoms with Crippen molar-refractivity contribution in [3.8, 4) is 17.0 Å². The zero-order chi connectivity index (χ0) is 22.1. The number of hydrogen-bond donors (Lipinski definition) is 2. The van der Waals surface area contributed by atoms with Gasteiger partial charge < -0.3 is 10.1 Å². The maximum absolute atomic E-state index is 12.6. The fourth-order valence-electron chi connectivity index (χ4n) is 3.07. The Hall–Kier alpha value is -3.17. The van der Waals surface area contributed by atoms with E-state index in [-0.39, 0.29) is 22.2 Å². The van der Waals surface area contributed by atoms with Gasteiger partial charge in [-0.1, -0.05) is 6.07 Å². The van der Waals surface area contributed by atoms with Gasteiger partial charge in [0.2, 0.25) is 10.0 Å². The molecule has 3 rings (SSSR count). The van der Waals surface area contributed by atoms with Crippen molar-refractivity contribution < 1.29 is 17.9 Å². The second-order valence-corrected chi connectivity index (χ2v) is 9.27. The van der Waals surface area contributed by atoms with E-state index in [1.165, 1.54) is 27.3 Å². The van der Waals surface area contributed by atoms with Crippen LogP contribution in [0.15, 0.2) is 47.4 Å². The van der Waals surface area contributed by atoms with Crippen molar-refractivity contribution in [2.75, 3.05) is 26.5 Å². The summed E-state index contributed by atoms with van der Waals surface area (Å²) in [7, 11) is 0.593. The minimum absolute atomic E-state index is 0.0248. The third-order valence-corrected chi connectivity index (χ3v) is 6.36. The molecule has 0 saturated heterocycles. The predicted molar refractivity (Wildman–Crippen MR) is 115 cm³/mol. The number of hydrogen-bond acceptors (Lipinski definition) is 5. The molecule has 8 nitrogen and oxygen atoms in total. The summed E-state index contributed by atoms with van der Waals surface area (Å²) in [5.41, 5.74) is 4.03. The Kier molecular flexibility index (Phi) is 5.95. The molecular formula is C21H24N4O4S. The Labute approximate surface area is 175 Å². The van der Waals surface area contributed by atoms with Gasteiger partial charge in [-0.05, 0) is 61.4 Å². The van der Waals surface area contributed by atoms with E-state index >= 15 is 0 Å². The standard InChI is InChI=1S/C21H24N4O4S/c1-13-8-14(2)10-16(9-13)22-21(26)18-12-17(23-24-18)15-6-7-19(29-5)20(11-15)30(27,28)25(3)4/h6-12H,1-5H3,(H,22,26)(H,23,24). The van der Waals surface area contributed by atoms with Gasteiger partial charge in [0.05, 0.1) is 12.8 Å². The van der Waals surface area contributed by atoms with Crippen molar-refractivity contribution in [2.45, 2.75) is 18.7 Å². The highest BCUT2D eigenvalue weighted by Crippen LogP contribution is 2.31. The molecule has 30 heavy (non-hydrogen) atoms. The van der Waals surface area contributed by atoms with Gasteiger partial charge in [-0.3, -0.25) is 9.89 Å². The van der Waals surface area contributed by atoms with Gasteiger partial charge in [-0.25, -0.2) is 12.7 Å². The maximum Gasteiger partial charge on any atom is 0.273 e. The number of carbonyl (C=O) groups is 1. The van der Waals surface area contributed by atoms with Crippen LogP contribution in [0.3, 0.4) is 0 Å². The Balaban J connectivity index is 1.91. The molecule has 0 spiro atoms. The van der Waals surface area contributed by atoms with Crippen LogP contribution in [0.4, 0.5) is 5.69 Å². The quantitative estimate of drug-likeness (QED) is 0.627. The maximum atomic E-state index is 12.6. The largest absolute Gasteiger partial charge is 0.495 e. The molecule has 0 aliphatic rings. The molecule has 0 saturated carbocycles. The van der Waals surface area contributed by atoms with Gasteiger partial charge in [0, 0.05) is 25.3 Å². The molecule has 9 heteroatoms. The lowest BCUT2D eigenvalue weighted by Gasteiger charge is -2.15. The highest BCUT2D eigenvalue weighted by molar-refractivity contribution is 7.89. The van der Waals surface area contributed by atoms with Gasteiger partial charge >= 0.3 is 0 Å². The number of anilines is 1. The van der Waals surface area contributed by atoms with Crippen molar-refractivity contribution in [3.05, 3.63) is 59.3 Å². The summed E-state index contributed by atoms with van der Waals surface area (Å²) in [6.07, 6.45) is 0.